The number of carbonyl (C=O) groups excluding carboxylic acids is 1. The molecule has 2 aliphatic rings. The number of benzene rings is 1. The summed E-state index contributed by atoms with van der Waals surface area (Å²) >= 11 is 0. The van der Waals surface area contributed by atoms with E-state index in [0.29, 0.717) is 12.3 Å². The zero-order valence-electron chi connectivity index (χ0n) is 12.3. The predicted molar refractivity (Wildman–Crippen MR) is 81.8 cm³/mol. The third-order valence-electron chi connectivity index (χ3n) is 4.81. The second kappa shape index (κ2) is 5.57. The number of fused-ring (bicyclic) bond motifs is 1. The summed E-state index contributed by atoms with van der Waals surface area (Å²) in [6.45, 7) is 2.97. The number of rotatable bonds is 2. The van der Waals surface area contributed by atoms with Crippen LogP contribution in [-0.4, -0.2) is 18.5 Å². The van der Waals surface area contributed by atoms with Gasteiger partial charge in [-0.3, -0.25) is 4.79 Å². The van der Waals surface area contributed by atoms with Gasteiger partial charge in [-0.25, -0.2) is 0 Å². The lowest BCUT2D eigenvalue weighted by Crippen LogP contribution is -2.38. The summed E-state index contributed by atoms with van der Waals surface area (Å²) in [5, 5.41) is 0. The van der Waals surface area contributed by atoms with Gasteiger partial charge in [0, 0.05) is 24.7 Å². The Bertz CT molecular complexity index is 512. The third-order valence-corrected chi connectivity index (χ3v) is 4.81. The Kier molecular flexibility index (Phi) is 3.79. The summed E-state index contributed by atoms with van der Waals surface area (Å²) < 4.78 is 0. The van der Waals surface area contributed by atoms with E-state index in [4.69, 9.17) is 5.73 Å². The molecule has 1 heterocycles. The van der Waals surface area contributed by atoms with Crippen LogP contribution in [0.1, 0.15) is 43.2 Å². The lowest BCUT2D eigenvalue weighted by molar-refractivity contribution is -0.119. The van der Waals surface area contributed by atoms with Gasteiger partial charge in [0.15, 0.2) is 0 Å². The Labute approximate surface area is 121 Å². The van der Waals surface area contributed by atoms with E-state index in [0.717, 1.165) is 37.9 Å². The Morgan fingerprint density at radius 3 is 2.95 bits per heavy atom. The van der Waals surface area contributed by atoms with Crippen molar-refractivity contribution in [2.75, 3.05) is 11.4 Å². The van der Waals surface area contributed by atoms with Crippen molar-refractivity contribution >= 4 is 11.6 Å². The summed E-state index contributed by atoms with van der Waals surface area (Å²) in [5.41, 5.74) is 9.82. The molecule has 1 aliphatic carbocycles. The van der Waals surface area contributed by atoms with Crippen LogP contribution < -0.4 is 10.6 Å². The maximum Gasteiger partial charge on any atom is 0.227 e. The number of aryl methyl sites for hydroxylation is 2. The number of carbonyl (C=O) groups is 1. The monoisotopic (exact) mass is 272 g/mol. The summed E-state index contributed by atoms with van der Waals surface area (Å²) in [6, 6.07) is 6.65. The van der Waals surface area contributed by atoms with Gasteiger partial charge < -0.3 is 10.6 Å². The van der Waals surface area contributed by atoms with E-state index in [1.54, 1.807) is 0 Å². The largest absolute Gasteiger partial charge is 0.327 e. The maximum absolute atomic E-state index is 12.6. The molecule has 0 radical (unpaired) electrons. The van der Waals surface area contributed by atoms with Crippen LogP contribution in [0.25, 0.3) is 0 Å². The maximum atomic E-state index is 12.6. The van der Waals surface area contributed by atoms with Crippen molar-refractivity contribution in [2.24, 2.45) is 11.7 Å². The molecule has 0 unspecified atom stereocenters. The fourth-order valence-corrected chi connectivity index (χ4v) is 3.64. The van der Waals surface area contributed by atoms with Crippen LogP contribution in [0.15, 0.2) is 18.2 Å². The second-order valence-electron chi connectivity index (χ2n) is 6.34. The molecule has 0 aromatic heterocycles. The van der Waals surface area contributed by atoms with Gasteiger partial charge in [-0.15, -0.1) is 0 Å². The molecule has 2 N–H and O–H groups in total. The van der Waals surface area contributed by atoms with Crippen molar-refractivity contribution in [1.82, 2.24) is 0 Å². The highest BCUT2D eigenvalue weighted by atomic mass is 16.2. The molecule has 0 saturated heterocycles. The van der Waals surface area contributed by atoms with Crippen molar-refractivity contribution in [3.8, 4) is 0 Å². The fraction of sp³-hybridized carbons (Fsp3) is 0.588. The lowest BCUT2D eigenvalue weighted by Gasteiger charge is -2.31. The molecule has 1 aliphatic heterocycles. The van der Waals surface area contributed by atoms with Gasteiger partial charge in [0.05, 0.1) is 0 Å². The molecule has 3 heteroatoms. The van der Waals surface area contributed by atoms with Crippen LogP contribution in [0.2, 0.25) is 0 Å². The third kappa shape index (κ3) is 2.59. The van der Waals surface area contributed by atoms with Crippen LogP contribution in [0.3, 0.4) is 0 Å². The van der Waals surface area contributed by atoms with E-state index < -0.39 is 0 Å². The Balaban J connectivity index is 1.76. The van der Waals surface area contributed by atoms with Crippen molar-refractivity contribution in [1.29, 1.82) is 0 Å². The highest BCUT2D eigenvalue weighted by Gasteiger charge is 2.29. The molecule has 0 spiro atoms. The quantitative estimate of drug-likeness (QED) is 0.900. The first-order chi connectivity index (χ1) is 9.65. The first-order valence-corrected chi connectivity index (χ1v) is 7.80. The number of amides is 1. The molecule has 0 bridgehead atoms. The number of hydrogen-bond donors (Lipinski definition) is 1. The SMILES string of the molecule is Cc1ccc2c(c1)CCCN2C(=O)C[C@@H]1CCC[C@H]1N. The van der Waals surface area contributed by atoms with Gasteiger partial charge in [0.25, 0.3) is 0 Å². The van der Waals surface area contributed by atoms with Crippen molar-refractivity contribution < 1.29 is 4.79 Å². The smallest absolute Gasteiger partial charge is 0.227 e. The van der Waals surface area contributed by atoms with Gasteiger partial charge in [-0.05, 0) is 50.2 Å². The summed E-state index contributed by atoms with van der Waals surface area (Å²) in [6.07, 6.45) is 6.14. The van der Waals surface area contributed by atoms with E-state index in [-0.39, 0.29) is 11.9 Å². The van der Waals surface area contributed by atoms with E-state index in [2.05, 4.69) is 25.1 Å². The molecular formula is C17H24N2O. The molecule has 1 fully saturated rings. The first-order valence-electron chi connectivity index (χ1n) is 7.80. The molecule has 1 saturated carbocycles. The summed E-state index contributed by atoms with van der Waals surface area (Å²) in [5.74, 6) is 0.649. The van der Waals surface area contributed by atoms with Gasteiger partial charge in [-0.2, -0.15) is 0 Å². The number of nitrogens with two attached hydrogens (primary N) is 1. The summed E-state index contributed by atoms with van der Waals surface area (Å²) in [7, 11) is 0. The average Bonchev–Trinajstić information content (AvgIpc) is 2.83. The predicted octanol–water partition coefficient (Wildman–Crippen LogP) is 2.79. The molecule has 2 atom stereocenters. The Morgan fingerprint density at radius 1 is 1.35 bits per heavy atom. The van der Waals surface area contributed by atoms with Gasteiger partial charge in [0.1, 0.15) is 0 Å². The zero-order chi connectivity index (χ0) is 14.1. The summed E-state index contributed by atoms with van der Waals surface area (Å²) in [4.78, 5) is 14.6. The average molecular weight is 272 g/mol. The molecular weight excluding hydrogens is 248 g/mol. The minimum atomic E-state index is 0.223. The topological polar surface area (TPSA) is 46.3 Å². The van der Waals surface area contributed by atoms with Crippen LogP contribution in [0.5, 0.6) is 0 Å². The molecule has 108 valence electrons. The molecule has 1 aromatic rings. The van der Waals surface area contributed by atoms with Crippen LogP contribution in [0.4, 0.5) is 5.69 Å². The standard InChI is InChI=1S/C17H24N2O/c1-12-7-8-16-14(10-12)5-3-9-19(16)17(20)11-13-4-2-6-15(13)18/h7-8,10,13,15H,2-6,9,11,18H2,1H3/t13-,15+/m0/s1. The van der Waals surface area contributed by atoms with Gasteiger partial charge >= 0.3 is 0 Å². The zero-order valence-corrected chi connectivity index (χ0v) is 12.3. The Hall–Kier alpha value is -1.35. The minimum Gasteiger partial charge on any atom is -0.327 e. The molecule has 3 nitrogen and oxygen atoms in total. The number of nitrogens with zero attached hydrogens (tertiary/aromatic N) is 1. The van der Waals surface area contributed by atoms with Crippen LogP contribution in [-0.2, 0) is 11.2 Å². The fourth-order valence-electron chi connectivity index (χ4n) is 3.64. The van der Waals surface area contributed by atoms with Crippen LogP contribution in [0, 0.1) is 12.8 Å². The van der Waals surface area contributed by atoms with Crippen LogP contribution >= 0.6 is 0 Å². The molecule has 3 rings (SSSR count). The van der Waals surface area contributed by atoms with E-state index in [1.165, 1.54) is 17.5 Å². The van der Waals surface area contributed by atoms with Crippen molar-refractivity contribution in [2.45, 2.75) is 51.5 Å². The molecule has 20 heavy (non-hydrogen) atoms. The number of anilines is 1. The molecule has 1 aromatic carbocycles. The Morgan fingerprint density at radius 2 is 2.20 bits per heavy atom. The van der Waals surface area contributed by atoms with Gasteiger partial charge in [-0.1, -0.05) is 24.1 Å². The second-order valence-corrected chi connectivity index (χ2v) is 6.34. The van der Waals surface area contributed by atoms with E-state index in [1.807, 2.05) is 4.90 Å². The van der Waals surface area contributed by atoms with Crippen molar-refractivity contribution in [3.05, 3.63) is 29.3 Å². The van der Waals surface area contributed by atoms with Gasteiger partial charge in [0.2, 0.25) is 5.91 Å². The van der Waals surface area contributed by atoms with Crippen molar-refractivity contribution in [3.63, 3.8) is 0 Å². The van der Waals surface area contributed by atoms with E-state index >= 15 is 0 Å². The number of hydrogen-bond acceptors (Lipinski definition) is 2. The normalized spacial score (nSPS) is 25.6. The minimum absolute atomic E-state index is 0.223. The van der Waals surface area contributed by atoms with E-state index in [9.17, 15) is 4.79 Å². The first kappa shape index (κ1) is 13.6. The highest BCUT2D eigenvalue weighted by molar-refractivity contribution is 5.94. The molecule has 1 amide bonds. The lowest BCUT2D eigenvalue weighted by atomic mass is 9.96. The highest BCUT2D eigenvalue weighted by Crippen LogP contribution is 2.32.